The largest absolute Gasteiger partial charge is 0.466 e. The fraction of sp³-hybridized carbons (Fsp3) is 0.941. The van der Waals surface area contributed by atoms with Crippen molar-refractivity contribution in [2.75, 3.05) is 6.61 Å². The second-order valence-corrected chi connectivity index (χ2v) is 7.32. The summed E-state index contributed by atoms with van der Waals surface area (Å²) in [7, 11) is 0. The lowest BCUT2D eigenvalue weighted by atomic mass is 9.63. The summed E-state index contributed by atoms with van der Waals surface area (Å²) in [5, 5.41) is 10.4. The average Bonchev–Trinajstić information content (AvgIpc) is 2.87. The van der Waals surface area contributed by atoms with E-state index in [4.69, 9.17) is 4.74 Å². The standard InChI is InChI=1S/C17H28O3/c1-3-20-16(19)9-12-10-17-8-4-5-15(18)14(17)7-6-13(17)11(12)2/h11-15,18H,3-10H2,1-2H3/t11-,12+,13-,14+,15+,17+/m1/s1. The molecule has 0 aromatic carbocycles. The highest BCUT2D eigenvalue weighted by atomic mass is 16.5. The molecule has 3 rings (SSSR count). The van der Waals surface area contributed by atoms with Crippen LogP contribution in [0.25, 0.3) is 0 Å². The van der Waals surface area contributed by atoms with Crippen molar-refractivity contribution in [1.29, 1.82) is 0 Å². The molecule has 6 atom stereocenters. The first kappa shape index (κ1) is 14.4. The molecule has 0 unspecified atom stereocenters. The summed E-state index contributed by atoms with van der Waals surface area (Å²) in [6.07, 6.45) is 7.48. The number of ether oxygens (including phenoxy) is 1. The minimum atomic E-state index is -0.0951. The minimum absolute atomic E-state index is 0.0337. The molecule has 0 bridgehead atoms. The first-order valence-corrected chi connectivity index (χ1v) is 8.42. The molecule has 3 aliphatic carbocycles. The van der Waals surface area contributed by atoms with E-state index in [0.29, 0.717) is 36.2 Å². The van der Waals surface area contributed by atoms with Gasteiger partial charge in [-0.2, -0.15) is 0 Å². The molecule has 0 radical (unpaired) electrons. The van der Waals surface area contributed by atoms with Crippen LogP contribution in [-0.2, 0) is 9.53 Å². The molecular formula is C17H28O3. The number of hydrogen-bond acceptors (Lipinski definition) is 3. The molecule has 114 valence electrons. The Balaban J connectivity index is 1.75. The van der Waals surface area contributed by atoms with E-state index in [0.717, 1.165) is 25.2 Å². The summed E-state index contributed by atoms with van der Waals surface area (Å²) < 4.78 is 5.14. The molecule has 0 heterocycles. The van der Waals surface area contributed by atoms with Crippen LogP contribution in [0.15, 0.2) is 0 Å². The smallest absolute Gasteiger partial charge is 0.306 e. The maximum Gasteiger partial charge on any atom is 0.306 e. The molecule has 1 spiro atoms. The van der Waals surface area contributed by atoms with Gasteiger partial charge in [0.25, 0.3) is 0 Å². The highest BCUT2D eigenvalue weighted by Crippen LogP contribution is 2.66. The van der Waals surface area contributed by atoms with Crippen molar-refractivity contribution in [3.63, 3.8) is 0 Å². The Labute approximate surface area is 122 Å². The molecule has 3 fully saturated rings. The Hall–Kier alpha value is -0.570. The third kappa shape index (κ3) is 2.09. The van der Waals surface area contributed by atoms with Crippen LogP contribution in [0, 0.1) is 29.1 Å². The van der Waals surface area contributed by atoms with Gasteiger partial charge in [0, 0.05) is 6.42 Å². The van der Waals surface area contributed by atoms with Gasteiger partial charge in [-0.05, 0) is 68.1 Å². The van der Waals surface area contributed by atoms with Gasteiger partial charge in [0.05, 0.1) is 12.7 Å². The molecule has 0 aromatic heterocycles. The molecule has 0 aromatic rings. The number of carbonyl (C=O) groups excluding carboxylic acids is 1. The Morgan fingerprint density at radius 3 is 2.80 bits per heavy atom. The van der Waals surface area contributed by atoms with Crippen molar-refractivity contribution in [2.24, 2.45) is 29.1 Å². The normalized spacial score (nSPS) is 46.9. The number of aliphatic hydroxyl groups is 1. The van der Waals surface area contributed by atoms with E-state index in [9.17, 15) is 9.90 Å². The SMILES string of the molecule is CCOC(=O)C[C@H]1C[C@]23CCC[C@H](O)[C@@H]2CC[C@@H]3[C@@H]1C. The van der Waals surface area contributed by atoms with Crippen LogP contribution in [-0.4, -0.2) is 23.8 Å². The summed E-state index contributed by atoms with van der Waals surface area (Å²) in [5.41, 5.74) is 0.342. The number of aliphatic hydroxyl groups excluding tert-OH is 1. The molecule has 3 aliphatic rings. The molecule has 0 aliphatic heterocycles. The molecule has 3 nitrogen and oxygen atoms in total. The quantitative estimate of drug-likeness (QED) is 0.808. The predicted octanol–water partition coefficient (Wildman–Crippen LogP) is 3.15. The van der Waals surface area contributed by atoms with Gasteiger partial charge in [-0.25, -0.2) is 0 Å². The second kappa shape index (κ2) is 5.32. The number of hydrogen-bond donors (Lipinski definition) is 1. The van der Waals surface area contributed by atoms with Gasteiger partial charge < -0.3 is 9.84 Å². The Kier molecular flexibility index (Phi) is 3.83. The van der Waals surface area contributed by atoms with Crippen molar-refractivity contribution in [1.82, 2.24) is 0 Å². The van der Waals surface area contributed by atoms with Crippen molar-refractivity contribution >= 4 is 5.97 Å². The van der Waals surface area contributed by atoms with Crippen molar-refractivity contribution < 1.29 is 14.6 Å². The van der Waals surface area contributed by atoms with Gasteiger partial charge in [0.2, 0.25) is 0 Å². The lowest BCUT2D eigenvalue weighted by Crippen LogP contribution is -2.40. The van der Waals surface area contributed by atoms with Crippen molar-refractivity contribution in [2.45, 2.75) is 64.9 Å². The van der Waals surface area contributed by atoms with E-state index in [2.05, 4.69) is 6.92 Å². The third-order valence-corrected chi connectivity index (χ3v) is 6.63. The molecule has 1 N–H and O–H groups in total. The topological polar surface area (TPSA) is 46.5 Å². The van der Waals surface area contributed by atoms with Gasteiger partial charge in [-0.3, -0.25) is 4.79 Å². The van der Waals surface area contributed by atoms with Crippen LogP contribution in [0.1, 0.15) is 58.8 Å². The minimum Gasteiger partial charge on any atom is -0.466 e. The second-order valence-electron chi connectivity index (χ2n) is 7.32. The summed E-state index contributed by atoms with van der Waals surface area (Å²) in [6, 6.07) is 0. The molecule has 3 heteroatoms. The summed E-state index contributed by atoms with van der Waals surface area (Å²) in [4.78, 5) is 11.8. The van der Waals surface area contributed by atoms with E-state index in [-0.39, 0.29) is 12.1 Å². The lowest BCUT2D eigenvalue weighted by molar-refractivity contribution is -0.144. The fourth-order valence-corrected chi connectivity index (χ4v) is 5.88. The van der Waals surface area contributed by atoms with Gasteiger partial charge in [-0.15, -0.1) is 0 Å². The zero-order valence-electron chi connectivity index (χ0n) is 12.8. The van der Waals surface area contributed by atoms with Gasteiger partial charge in [0.1, 0.15) is 0 Å². The number of rotatable bonds is 3. The fourth-order valence-electron chi connectivity index (χ4n) is 5.88. The highest BCUT2D eigenvalue weighted by Gasteiger charge is 2.60. The van der Waals surface area contributed by atoms with Crippen molar-refractivity contribution in [3.8, 4) is 0 Å². The highest BCUT2D eigenvalue weighted by molar-refractivity contribution is 5.69. The summed E-state index contributed by atoms with van der Waals surface area (Å²) in [6.45, 7) is 4.68. The Morgan fingerprint density at radius 2 is 2.05 bits per heavy atom. The van der Waals surface area contributed by atoms with E-state index >= 15 is 0 Å². The van der Waals surface area contributed by atoms with Crippen LogP contribution >= 0.6 is 0 Å². The maximum absolute atomic E-state index is 11.8. The average molecular weight is 280 g/mol. The van der Waals surface area contributed by atoms with Crippen LogP contribution in [0.4, 0.5) is 0 Å². The van der Waals surface area contributed by atoms with Crippen LogP contribution < -0.4 is 0 Å². The Bertz CT molecular complexity index is 380. The van der Waals surface area contributed by atoms with Crippen LogP contribution in [0.5, 0.6) is 0 Å². The maximum atomic E-state index is 11.8. The lowest BCUT2D eigenvalue weighted by Gasteiger charge is -2.43. The summed E-state index contributed by atoms with van der Waals surface area (Å²) in [5.74, 6) is 2.26. The zero-order chi connectivity index (χ0) is 14.3. The van der Waals surface area contributed by atoms with Gasteiger partial charge >= 0.3 is 5.97 Å². The first-order valence-electron chi connectivity index (χ1n) is 8.42. The zero-order valence-corrected chi connectivity index (χ0v) is 12.8. The van der Waals surface area contributed by atoms with E-state index in [1.54, 1.807) is 0 Å². The molecule has 3 saturated carbocycles. The van der Waals surface area contributed by atoms with E-state index in [1.807, 2.05) is 6.92 Å². The van der Waals surface area contributed by atoms with Crippen LogP contribution in [0.3, 0.4) is 0 Å². The molecule has 20 heavy (non-hydrogen) atoms. The number of esters is 1. The predicted molar refractivity (Wildman–Crippen MR) is 77.0 cm³/mol. The van der Waals surface area contributed by atoms with Crippen LogP contribution in [0.2, 0.25) is 0 Å². The Morgan fingerprint density at radius 1 is 1.30 bits per heavy atom. The molecular weight excluding hydrogens is 252 g/mol. The van der Waals surface area contributed by atoms with Gasteiger partial charge in [-0.1, -0.05) is 13.3 Å². The van der Waals surface area contributed by atoms with E-state index < -0.39 is 0 Å². The van der Waals surface area contributed by atoms with E-state index in [1.165, 1.54) is 19.3 Å². The number of carbonyl (C=O) groups is 1. The van der Waals surface area contributed by atoms with Crippen molar-refractivity contribution in [3.05, 3.63) is 0 Å². The first-order chi connectivity index (χ1) is 9.58. The molecule has 0 amide bonds. The summed E-state index contributed by atoms with van der Waals surface area (Å²) >= 11 is 0. The molecule has 0 saturated heterocycles. The third-order valence-electron chi connectivity index (χ3n) is 6.63. The van der Waals surface area contributed by atoms with Gasteiger partial charge in [0.15, 0.2) is 0 Å². The monoisotopic (exact) mass is 280 g/mol.